The van der Waals surface area contributed by atoms with E-state index in [2.05, 4.69) is 25.0 Å². The molecule has 0 fully saturated rings. The maximum atomic E-state index is 8.92. The van der Waals surface area contributed by atoms with Gasteiger partial charge in [-0.15, -0.1) is 0 Å². The highest BCUT2D eigenvalue weighted by Crippen LogP contribution is 2.18. The molecule has 2 N–H and O–H groups in total. The van der Waals surface area contributed by atoms with E-state index in [-0.39, 0.29) is 0 Å². The Morgan fingerprint density at radius 3 is 2.71 bits per heavy atom. The lowest BCUT2D eigenvalue weighted by Gasteiger charge is -2.04. The molecule has 0 amide bonds. The summed E-state index contributed by atoms with van der Waals surface area (Å²) in [5, 5.41) is 13.4. The van der Waals surface area contributed by atoms with Gasteiger partial charge in [-0.3, -0.25) is 0 Å². The smallest absolute Gasteiger partial charge is 0.101 e. The summed E-state index contributed by atoms with van der Waals surface area (Å²) in [4.78, 5) is 0. The van der Waals surface area contributed by atoms with Crippen molar-refractivity contribution in [2.75, 3.05) is 5.73 Å². The van der Waals surface area contributed by atoms with Crippen LogP contribution in [-0.4, -0.2) is 9.78 Å². The van der Waals surface area contributed by atoms with Crippen LogP contribution in [0.25, 0.3) is 5.69 Å². The molecule has 1 heterocycles. The summed E-state index contributed by atoms with van der Waals surface area (Å²) in [6.45, 7) is 4.19. The molecular weight excluding hydrogens is 212 g/mol. The van der Waals surface area contributed by atoms with E-state index < -0.39 is 0 Å². The van der Waals surface area contributed by atoms with E-state index in [9.17, 15) is 0 Å². The molecule has 17 heavy (non-hydrogen) atoms. The molecule has 4 nitrogen and oxygen atoms in total. The van der Waals surface area contributed by atoms with E-state index in [4.69, 9.17) is 11.0 Å². The standard InChI is InChI=1S/C13H14N4/c1-9(2)13-5-6-17(16-13)11-3-4-12(15)10(7-11)8-14/h3-7,9H,15H2,1-2H3. The zero-order valence-electron chi connectivity index (χ0n) is 9.88. The van der Waals surface area contributed by atoms with Crippen molar-refractivity contribution in [1.82, 2.24) is 9.78 Å². The maximum absolute atomic E-state index is 8.92. The largest absolute Gasteiger partial charge is 0.398 e. The second kappa shape index (κ2) is 4.30. The Balaban J connectivity index is 2.43. The summed E-state index contributed by atoms with van der Waals surface area (Å²) in [6.07, 6.45) is 1.89. The van der Waals surface area contributed by atoms with Gasteiger partial charge >= 0.3 is 0 Å². The van der Waals surface area contributed by atoms with Crippen LogP contribution in [0.4, 0.5) is 5.69 Å². The Labute approximate surface area is 100 Å². The number of hydrogen-bond donors (Lipinski definition) is 1. The average Bonchev–Trinajstić information content (AvgIpc) is 2.79. The van der Waals surface area contributed by atoms with Gasteiger partial charge in [-0.2, -0.15) is 10.4 Å². The van der Waals surface area contributed by atoms with Crippen molar-refractivity contribution in [3.05, 3.63) is 41.7 Å². The number of aromatic nitrogens is 2. The van der Waals surface area contributed by atoms with Gasteiger partial charge in [-0.05, 0) is 30.2 Å². The quantitative estimate of drug-likeness (QED) is 0.800. The minimum absolute atomic E-state index is 0.389. The first-order valence-corrected chi connectivity index (χ1v) is 5.47. The first kappa shape index (κ1) is 11.2. The van der Waals surface area contributed by atoms with Crippen LogP contribution in [0.2, 0.25) is 0 Å². The fraction of sp³-hybridized carbons (Fsp3) is 0.231. The average molecular weight is 226 g/mol. The van der Waals surface area contributed by atoms with Crippen molar-refractivity contribution >= 4 is 5.69 Å². The van der Waals surface area contributed by atoms with Gasteiger partial charge in [0.05, 0.1) is 16.9 Å². The van der Waals surface area contributed by atoms with Gasteiger partial charge in [0.2, 0.25) is 0 Å². The van der Waals surface area contributed by atoms with Gasteiger partial charge < -0.3 is 5.73 Å². The molecule has 0 radical (unpaired) electrons. The summed E-state index contributed by atoms with van der Waals surface area (Å²) >= 11 is 0. The summed E-state index contributed by atoms with van der Waals surface area (Å²) in [6, 6.07) is 9.37. The number of nitrogens with zero attached hydrogens (tertiary/aromatic N) is 3. The van der Waals surface area contributed by atoms with E-state index in [1.54, 1.807) is 16.8 Å². The first-order chi connectivity index (χ1) is 8.11. The zero-order valence-corrected chi connectivity index (χ0v) is 9.88. The number of anilines is 1. The number of rotatable bonds is 2. The lowest BCUT2D eigenvalue weighted by molar-refractivity contribution is 0.768. The molecule has 0 unspecified atom stereocenters. The van der Waals surface area contributed by atoms with Gasteiger partial charge in [0.25, 0.3) is 0 Å². The molecule has 0 saturated carbocycles. The summed E-state index contributed by atoms with van der Waals surface area (Å²) in [5.41, 5.74) is 8.53. The summed E-state index contributed by atoms with van der Waals surface area (Å²) in [7, 11) is 0. The summed E-state index contributed by atoms with van der Waals surface area (Å²) in [5.74, 6) is 0.389. The molecule has 1 aromatic carbocycles. The van der Waals surface area contributed by atoms with Crippen LogP contribution in [0.1, 0.15) is 31.0 Å². The van der Waals surface area contributed by atoms with Crippen molar-refractivity contribution in [2.24, 2.45) is 0 Å². The van der Waals surface area contributed by atoms with E-state index >= 15 is 0 Å². The number of nitriles is 1. The SMILES string of the molecule is CC(C)c1ccn(-c2ccc(N)c(C#N)c2)n1. The van der Waals surface area contributed by atoms with E-state index in [1.807, 2.05) is 18.3 Å². The topological polar surface area (TPSA) is 67.6 Å². The molecular formula is C13H14N4. The molecule has 0 spiro atoms. The Morgan fingerprint density at radius 1 is 1.35 bits per heavy atom. The second-order valence-electron chi connectivity index (χ2n) is 4.22. The van der Waals surface area contributed by atoms with Gasteiger partial charge in [0.1, 0.15) is 6.07 Å². The van der Waals surface area contributed by atoms with E-state index in [0.29, 0.717) is 17.2 Å². The molecule has 0 aliphatic rings. The van der Waals surface area contributed by atoms with E-state index in [0.717, 1.165) is 11.4 Å². The molecule has 0 aliphatic heterocycles. The number of nitrogen functional groups attached to an aromatic ring is 1. The molecule has 86 valence electrons. The Hall–Kier alpha value is -2.28. The molecule has 0 aliphatic carbocycles. The van der Waals surface area contributed by atoms with Crippen molar-refractivity contribution in [3.63, 3.8) is 0 Å². The maximum Gasteiger partial charge on any atom is 0.101 e. The van der Waals surface area contributed by atoms with Crippen molar-refractivity contribution in [3.8, 4) is 11.8 Å². The van der Waals surface area contributed by atoms with Crippen LogP contribution in [0.5, 0.6) is 0 Å². The highest BCUT2D eigenvalue weighted by molar-refractivity contribution is 5.58. The van der Waals surface area contributed by atoms with Gasteiger partial charge in [0.15, 0.2) is 0 Å². The monoisotopic (exact) mass is 226 g/mol. The van der Waals surface area contributed by atoms with Crippen molar-refractivity contribution in [2.45, 2.75) is 19.8 Å². The van der Waals surface area contributed by atoms with Crippen molar-refractivity contribution < 1.29 is 0 Å². The minimum atomic E-state index is 0.389. The number of nitrogens with two attached hydrogens (primary N) is 1. The normalized spacial score (nSPS) is 10.5. The number of benzene rings is 1. The first-order valence-electron chi connectivity index (χ1n) is 5.47. The molecule has 0 atom stereocenters. The third-order valence-corrected chi connectivity index (χ3v) is 2.62. The lowest BCUT2D eigenvalue weighted by Crippen LogP contribution is -1.99. The van der Waals surface area contributed by atoms with E-state index in [1.165, 1.54) is 0 Å². The fourth-order valence-electron chi connectivity index (χ4n) is 1.57. The molecule has 2 aromatic rings. The molecule has 0 bridgehead atoms. The second-order valence-corrected chi connectivity index (χ2v) is 4.22. The Morgan fingerprint density at radius 2 is 2.12 bits per heavy atom. The fourth-order valence-corrected chi connectivity index (χ4v) is 1.57. The molecule has 4 heteroatoms. The zero-order chi connectivity index (χ0) is 12.4. The van der Waals surface area contributed by atoms with Crippen LogP contribution in [0.15, 0.2) is 30.5 Å². The highest BCUT2D eigenvalue weighted by atomic mass is 15.3. The van der Waals surface area contributed by atoms with Crippen LogP contribution in [0.3, 0.4) is 0 Å². The van der Waals surface area contributed by atoms with Crippen LogP contribution in [0, 0.1) is 11.3 Å². The van der Waals surface area contributed by atoms with Gasteiger partial charge in [-0.1, -0.05) is 13.8 Å². The van der Waals surface area contributed by atoms with Crippen molar-refractivity contribution in [1.29, 1.82) is 5.26 Å². The van der Waals surface area contributed by atoms with Crippen LogP contribution in [-0.2, 0) is 0 Å². The molecule has 0 saturated heterocycles. The predicted molar refractivity (Wildman–Crippen MR) is 66.8 cm³/mol. The predicted octanol–water partition coefficient (Wildman–Crippen LogP) is 2.45. The third kappa shape index (κ3) is 2.13. The van der Waals surface area contributed by atoms with Crippen LogP contribution >= 0.6 is 0 Å². The molecule has 2 rings (SSSR count). The third-order valence-electron chi connectivity index (χ3n) is 2.62. The minimum Gasteiger partial charge on any atom is -0.398 e. The van der Waals surface area contributed by atoms with Crippen LogP contribution < -0.4 is 5.73 Å². The number of hydrogen-bond acceptors (Lipinski definition) is 3. The highest BCUT2D eigenvalue weighted by Gasteiger charge is 2.06. The Bertz CT molecular complexity index is 575. The van der Waals surface area contributed by atoms with Gasteiger partial charge in [-0.25, -0.2) is 4.68 Å². The molecule has 1 aromatic heterocycles. The van der Waals surface area contributed by atoms with Gasteiger partial charge in [0, 0.05) is 11.9 Å². The Kier molecular flexibility index (Phi) is 2.84. The lowest BCUT2D eigenvalue weighted by atomic mass is 10.1. The summed E-state index contributed by atoms with van der Waals surface area (Å²) < 4.78 is 1.76.